The van der Waals surface area contributed by atoms with Crippen LogP contribution in [0.4, 0.5) is 5.69 Å². The highest BCUT2D eigenvalue weighted by molar-refractivity contribution is 7.88. The molecule has 1 aliphatic heterocycles. The molecule has 8 heteroatoms. The van der Waals surface area contributed by atoms with Gasteiger partial charge in [-0.2, -0.15) is 0 Å². The highest BCUT2D eigenvalue weighted by atomic mass is 32.2. The number of para-hydroxylation sites is 1. The Kier molecular flexibility index (Phi) is 5.49. The number of nitrogens with zero attached hydrogens (tertiary/aromatic N) is 2. The van der Waals surface area contributed by atoms with E-state index in [9.17, 15) is 18.5 Å². The number of likely N-dealkylation sites (tertiary alicyclic amines) is 1. The van der Waals surface area contributed by atoms with Crippen molar-refractivity contribution in [1.29, 1.82) is 0 Å². The van der Waals surface area contributed by atoms with Gasteiger partial charge in [0.05, 0.1) is 11.2 Å². The van der Waals surface area contributed by atoms with Crippen LogP contribution in [-0.4, -0.2) is 44.1 Å². The number of nitro groups is 1. The zero-order chi connectivity index (χ0) is 16.2. The molecule has 0 saturated carbocycles. The van der Waals surface area contributed by atoms with Crippen molar-refractivity contribution < 1.29 is 13.3 Å². The molecule has 0 aromatic heterocycles. The molecule has 0 aliphatic carbocycles. The second-order valence-electron chi connectivity index (χ2n) is 5.75. The smallest absolute Gasteiger partial charge is 0.273 e. The molecule has 1 saturated heterocycles. The van der Waals surface area contributed by atoms with Gasteiger partial charge in [0.1, 0.15) is 0 Å². The Morgan fingerprint density at radius 3 is 2.82 bits per heavy atom. The lowest BCUT2D eigenvalue weighted by atomic mass is 9.97. The van der Waals surface area contributed by atoms with Crippen molar-refractivity contribution in [3.8, 4) is 0 Å². The molecule has 0 spiro atoms. The van der Waals surface area contributed by atoms with Gasteiger partial charge in [-0.15, -0.1) is 0 Å². The summed E-state index contributed by atoms with van der Waals surface area (Å²) in [6, 6.07) is 6.75. The summed E-state index contributed by atoms with van der Waals surface area (Å²) in [5.41, 5.74) is 0.836. The van der Waals surface area contributed by atoms with E-state index in [1.165, 1.54) is 6.07 Å². The zero-order valence-corrected chi connectivity index (χ0v) is 13.4. The van der Waals surface area contributed by atoms with E-state index in [0.29, 0.717) is 18.7 Å². The van der Waals surface area contributed by atoms with Crippen LogP contribution in [0.5, 0.6) is 0 Å². The molecule has 2 rings (SSSR count). The average molecular weight is 327 g/mol. The number of piperidine rings is 1. The van der Waals surface area contributed by atoms with Crippen LogP contribution in [0.3, 0.4) is 0 Å². The molecule has 0 unspecified atom stereocenters. The van der Waals surface area contributed by atoms with Crippen molar-refractivity contribution in [2.75, 3.05) is 25.9 Å². The highest BCUT2D eigenvalue weighted by Gasteiger charge is 2.23. The quantitative estimate of drug-likeness (QED) is 0.629. The predicted molar refractivity (Wildman–Crippen MR) is 83.9 cm³/mol. The summed E-state index contributed by atoms with van der Waals surface area (Å²) >= 11 is 0. The van der Waals surface area contributed by atoms with E-state index in [1.807, 2.05) is 0 Å². The summed E-state index contributed by atoms with van der Waals surface area (Å²) in [7, 11) is -3.18. The molecule has 1 N–H and O–H groups in total. The number of rotatable bonds is 6. The van der Waals surface area contributed by atoms with Gasteiger partial charge in [-0.05, 0) is 25.3 Å². The number of hydrogen-bond donors (Lipinski definition) is 1. The average Bonchev–Trinajstić information content (AvgIpc) is 2.45. The molecule has 1 heterocycles. The lowest BCUT2D eigenvalue weighted by Gasteiger charge is -2.32. The number of hydrogen-bond acceptors (Lipinski definition) is 5. The number of nitrogens with one attached hydrogen (secondary N) is 1. The number of benzene rings is 1. The van der Waals surface area contributed by atoms with E-state index in [1.54, 1.807) is 18.2 Å². The van der Waals surface area contributed by atoms with E-state index < -0.39 is 10.0 Å². The van der Waals surface area contributed by atoms with Crippen molar-refractivity contribution in [1.82, 2.24) is 9.62 Å². The van der Waals surface area contributed by atoms with Crippen molar-refractivity contribution in [2.45, 2.75) is 19.4 Å². The van der Waals surface area contributed by atoms with Crippen LogP contribution in [0, 0.1) is 16.0 Å². The van der Waals surface area contributed by atoms with Crippen molar-refractivity contribution in [2.24, 2.45) is 5.92 Å². The lowest BCUT2D eigenvalue weighted by Crippen LogP contribution is -2.40. The van der Waals surface area contributed by atoms with Crippen LogP contribution in [0.15, 0.2) is 24.3 Å². The van der Waals surface area contributed by atoms with E-state index in [-0.39, 0.29) is 16.5 Å². The summed E-state index contributed by atoms with van der Waals surface area (Å²) in [5.74, 6) is 0.242. The fourth-order valence-electron chi connectivity index (χ4n) is 2.79. The van der Waals surface area contributed by atoms with Gasteiger partial charge in [0.15, 0.2) is 0 Å². The number of nitro benzene ring substituents is 1. The van der Waals surface area contributed by atoms with Crippen LogP contribution >= 0.6 is 0 Å². The third-order valence-electron chi connectivity index (χ3n) is 3.82. The van der Waals surface area contributed by atoms with E-state index >= 15 is 0 Å². The maximum atomic E-state index is 11.2. The SMILES string of the molecule is CS(=O)(=O)NC[C@@H]1CCCN(Cc2ccccc2[N+](=O)[O-])C1. The summed E-state index contributed by atoms with van der Waals surface area (Å²) in [4.78, 5) is 12.8. The van der Waals surface area contributed by atoms with E-state index in [4.69, 9.17) is 0 Å². The molecule has 1 atom stereocenters. The third kappa shape index (κ3) is 5.04. The standard InChI is InChI=1S/C14H21N3O4S/c1-22(20,21)15-9-12-5-4-8-16(10-12)11-13-6-2-3-7-14(13)17(18)19/h2-3,6-7,12,15H,4-5,8-11H2,1H3/t12-/m0/s1. The minimum Gasteiger partial charge on any atom is -0.298 e. The van der Waals surface area contributed by atoms with Gasteiger partial charge < -0.3 is 0 Å². The van der Waals surface area contributed by atoms with Gasteiger partial charge >= 0.3 is 0 Å². The first kappa shape index (κ1) is 16.9. The summed E-state index contributed by atoms with van der Waals surface area (Å²) in [6.07, 6.45) is 3.09. The Hall–Kier alpha value is -1.51. The first-order valence-corrected chi connectivity index (χ1v) is 9.13. The van der Waals surface area contributed by atoms with Crippen LogP contribution in [-0.2, 0) is 16.6 Å². The molecule has 22 heavy (non-hydrogen) atoms. The van der Waals surface area contributed by atoms with Crippen molar-refractivity contribution in [3.05, 3.63) is 39.9 Å². The Labute approximate surface area is 130 Å². The first-order chi connectivity index (χ1) is 10.3. The molecular weight excluding hydrogens is 306 g/mol. The third-order valence-corrected chi connectivity index (χ3v) is 4.51. The Morgan fingerprint density at radius 2 is 2.14 bits per heavy atom. The Balaban J connectivity index is 1.97. The minimum absolute atomic E-state index is 0.138. The lowest BCUT2D eigenvalue weighted by molar-refractivity contribution is -0.385. The maximum Gasteiger partial charge on any atom is 0.273 e. The fraction of sp³-hybridized carbons (Fsp3) is 0.571. The van der Waals surface area contributed by atoms with Crippen molar-refractivity contribution >= 4 is 15.7 Å². The van der Waals surface area contributed by atoms with Gasteiger partial charge in [-0.1, -0.05) is 18.2 Å². The topological polar surface area (TPSA) is 92.6 Å². The minimum atomic E-state index is -3.18. The van der Waals surface area contributed by atoms with Crippen LogP contribution in [0.25, 0.3) is 0 Å². The van der Waals surface area contributed by atoms with Crippen LogP contribution < -0.4 is 4.72 Å². The van der Waals surface area contributed by atoms with Gasteiger partial charge in [-0.3, -0.25) is 15.0 Å². The van der Waals surface area contributed by atoms with Crippen LogP contribution in [0.2, 0.25) is 0 Å². The molecule has 1 aliphatic rings. The van der Waals surface area contributed by atoms with Crippen molar-refractivity contribution in [3.63, 3.8) is 0 Å². The largest absolute Gasteiger partial charge is 0.298 e. The monoisotopic (exact) mass is 327 g/mol. The zero-order valence-electron chi connectivity index (χ0n) is 12.6. The molecular formula is C14H21N3O4S. The van der Waals surface area contributed by atoms with E-state index in [0.717, 1.165) is 32.2 Å². The maximum absolute atomic E-state index is 11.2. The molecule has 0 bridgehead atoms. The molecule has 1 fully saturated rings. The summed E-state index contributed by atoms with van der Waals surface area (Å²) in [6.45, 7) is 2.56. The highest BCUT2D eigenvalue weighted by Crippen LogP contribution is 2.23. The second kappa shape index (κ2) is 7.17. The van der Waals surface area contributed by atoms with Gasteiger partial charge in [0.25, 0.3) is 5.69 Å². The molecule has 0 amide bonds. The van der Waals surface area contributed by atoms with Gasteiger partial charge in [0, 0.05) is 31.3 Å². The molecule has 0 radical (unpaired) electrons. The fourth-order valence-corrected chi connectivity index (χ4v) is 3.33. The van der Waals surface area contributed by atoms with E-state index in [2.05, 4.69) is 9.62 Å². The first-order valence-electron chi connectivity index (χ1n) is 7.24. The molecule has 122 valence electrons. The predicted octanol–water partition coefficient (Wildman–Crippen LogP) is 1.36. The normalized spacial score (nSPS) is 20.0. The Bertz CT molecular complexity index is 633. The summed E-state index contributed by atoms with van der Waals surface area (Å²) in [5, 5.41) is 11.1. The Morgan fingerprint density at radius 1 is 1.41 bits per heavy atom. The summed E-state index contributed by atoms with van der Waals surface area (Å²) < 4.78 is 24.9. The molecule has 1 aromatic carbocycles. The molecule has 7 nitrogen and oxygen atoms in total. The van der Waals surface area contributed by atoms with Gasteiger partial charge in [-0.25, -0.2) is 13.1 Å². The van der Waals surface area contributed by atoms with Gasteiger partial charge in [0.2, 0.25) is 10.0 Å². The number of sulfonamides is 1. The second-order valence-corrected chi connectivity index (χ2v) is 7.58. The molecule has 1 aromatic rings. The van der Waals surface area contributed by atoms with Crippen LogP contribution in [0.1, 0.15) is 18.4 Å².